The van der Waals surface area contributed by atoms with E-state index < -0.39 is 15.7 Å². The summed E-state index contributed by atoms with van der Waals surface area (Å²) in [7, 11) is -3.52. The number of carbonyl (C=O) groups is 1. The molecule has 0 saturated heterocycles. The summed E-state index contributed by atoms with van der Waals surface area (Å²) in [6, 6.07) is 0.184. The van der Waals surface area contributed by atoms with Gasteiger partial charge in [0.05, 0.1) is 5.56 Å². The molecule has 0 radical (unpaired) electrons. The van der Waals surface area contributed by atoms with E-state index in [2.05, 4.69) is 15.3 Å². The highest BCUT2D eigenvalue weighted by Gasteiger charge is 2.20. The van der Waals surface area contributed by atoms with Gasteiger partial charge in [-0.05, 0) is 12.8 Å². The van der Waals surface area contributed by atoms with E-state index in [1.165, 1.54) is 6.42 Å². The minimum atomic E-state index is -3.52. The third kappa shape index (κ3) is 3.44. The Morgan fingerprint density at radius 3 is 2.55 bits per heavy atom. The molecule has 110 valence electrons. The molecule has 0 unspecified atom stereocenters. The average molecular weight is 298 g/mol. The summed E-state index contributed by atoms with van der Waals surface area (Å²) in [5.41, 5.74) is 5.38. The van der Waals surface area contributed by atoms with Gasteiger partial charge in [0.2, 0.25) is 15.0 Å². The molecular weight excluding hydrogens is 280 g/mol. The van der Waals surface area contributed by atoms with E-state index in [1.54, 1.807) is 0 Å². The second kappa shape index (κ2) is 5.74. The quantitative estimate of drug-likeness (QED) is 0.792. The average Bonchev–Trinajstić information content (AvgIpc) is 2.38. The number of hydrogen-bond acceptors (Lipinski definition) is 6. The van der Waals surface area contributed by atoms with Crippen molar-refractivity contribution in [1.82, 2.24) is 9.97 Å². The van der Waals surface area contributed by atoms with Crippen molar-refractivity contribution in [2.24, 2.45) is 5.73 Å². The molecule has 0 spiro atoms. The molecule has 0 aliphatic heterocycles. The van der Waals surface area contributed by atoms with Crippen LogP contribution in [0.1, 0.15) is 42.5 Å². The number of amides is 1. The second-order valence-electron chi connectivity index (χ2n) is 5.03. The number of nitrogens with two attached hydrogens (primary N) is 1. The van der Waals surface area contributed by atoms with Gasteiger partial charge in [-0.1, -0.05) is 19.3 Å². The highest BCUT2D eigenvalue weighted by atomic mass is 32.2. The van der Waals surface area contributed by atoms with Gasteiger partial charge in [-0.25, -0.2) is 18.4 Å². The molecule has 0 aromatic carbocycles. The molecule has 7 nitrogen and oxygen atoms in total. The third-order valence-corrected chi connectivity index (χ3v) is 4.17. The standard InChI is InChI=1S/C12H18N4O3S/c1-20(18,19)12-14-7-9(10(13)17)11(16-12)15-8-5-3-2-4-6-8/h7-8H,2-6H2,1H3,(H2,13,17)(H,14,15,16). The zero-order chi connectivity index (χ0) is 14.8. The van der Waals surface area contributed by atoms with Crippen molar-refractivity contribution in [3.63, 3.8) is 0 Å². The number of rotatable bonds is 4. The van der Waals surface area contributed by atoms with E-state index in [4.69, 9.17) is 5.73 Å². The predicted octanol–water partition coefficient (Wildman–Crippen LogP) is 0.724. The monoisotopic (exact) mass is 298 g/mol. The second-order valence-corrected chi connectivity index (χ2v) is 6.94. The molecule has 1 heterocycles. The van der Waals surface area contributed by atoms with Crippen molar-refractivity contribution in [2.75, 3.05) is 11.6 Å². The Kier molecular flexibility index (Phi) is 4.22. The van der Waals surface area contributed by atoms with Crippen LogP contribution in [0.4, 0.5) is 5.82 Å². The van der Waals surface area contributed by atoms with Gasteiger partial charge in [0.15, 0.2) is 0 Å². The zero-order valence-electron chi connectivity index (χ0n) is 11.3. The van der Waals surface area contributed by atoms with Gasteiger partial charge in [0.25, 0.3) is 5.91 Å². The van der Waals surface area contributed by atoms with Crippen LogP contribution in [0.25, 0.3) is 0 Å². The highest BCUT2D eigenvalue weighted by Crippen LogP contribution is 2.22. The molecule has 1 aliphatic rings. The zero-order valence-corrected chi connectivity index (χ0v) is 12.1. The van der Waals surface area contributed by atoms with Crippen molar-refractivity contribution in [3.8, 4) is 0 Å². The number of nitrogens with one attached hydrogen (secondary N) is 1. The number of hydrogen-bond donors (Lipinski definition) is 2. The largest absolute Gasteiger partial charge is 0.367 e. The molecule has 20 heavy (non-hydrogen) atoms. The lowest BCUT2D eigenvalue weighted by molar-refractivity contribution is 0.1000. The number of aromatic nitrogens is 2. The van der Waals surface area contributed by atoms with Gasteiger partial charge in [-0.2, -0.15) is 0 Å². The lowest BCUT2D eigenvalue weighted by atomic mass is 9.95. The van der Waals surface area contributed by atoms with Crippen LogP contribution in [0.15, 0.2) is 11.4 Å². The summed E-state index contributed by atoms with van der Waals surface area (Å²) in [6.07, 6.45) is 7.53. The van der Waals surface area contributed by atoms with Crippen molar-refractivity contribution in [2.45, 2.75) is 43.3 Å². The van der Waals surface area contributed by atoms with Crippen LogP contribution in [0.3, 0.4) is 0 Å². The van der Waals surface area contributed by atoms with Crippen molar-refractivity contribution in [1.29, 1.82) is 0 Å². The Bertz CT molecular complexity index is 609. The molecule has 0 bridgehead atoms. The van der Waals surface area contributed by atoms with Crippen LogP contribution in [-0.2, 0) is 9.84 Å². The fourth-order valence-electron chi connectivity index (χ4n) is 2.27. The van der Waals surface area contributed by atoms with Gasteiger partial charge in [0.1, 0.15) is 5.82 Å². The van der Waals surface area contributed by atoms with E-state index in [0.717, 1.165) is 38.1 Å². The van der Waals surface area contributed by atoms with Crippen molar-refractivity contribution < 1.29 is 13.2 Å². The summed E-state index contributed by atoms with van der Waals surface area (Å²) >= 11 is 0. The molecule has 1 aliphatic carbocycles. The highest BCUT2D eigenvalue weighted by molar-refractivity contribution is 7.90. The Labute approximate surface area is 117 Å². The van der Waals surface area contributed by atoms with E-state index >= 15 is 0 Å². The topological polar surface area (TPSA) is 115 Å². The maximum absolute atomic E-state index is 11.5. The minimum Gasteiger partial charge on any atom is -0.367 e. The first-order valence-corrected chi connectivity index (χ1v) is 8.40. The molecule has 1 aromatic heterocycles. The van der Waals surface area contributed by atoms with Crippen LogP contribution in [0.2, 0.25) is 0 Å². The first kappa shape index (κ1) is 14.7. The molecule has 3 N–H and O–H groups in total. The van der Waals surface area contributed by atoms with Crippen LogP contribution in [-0.4, -0.2) is 36.6 Å². The third-order valence-electron chi connectivity index (χ3n) is 3.31. The van der Waals surface area contributed by atoms with Crippen LogP contribution < -0.4 is 11.1 Å². The number of sulfone groups is 1. The van der Waals surface area contributed by atoms with Crippen LogP contribution >= 0.6 is 0 Å². The van der Waals surface area contributed by atoms with Crippen LogP contribution in [0.5, 0.6) is 0 Å². The molecule has 8 heteroatoms. The Morgan fingerprint density at radius 1 is 1.35 bits per heavy atom. The number of anilines is 1. The number of carbonyl (C=O) groups excluding carboxylic acids is 1. The normalized spacial score (nSPS) is 16.9. The minimum absolute atomic E-state index is 0.114. The fraction of sp³-hybridized carbons (Fsp3) is 0.583. The van der Waals surface area contributed by atoms with Crippen LogP contribution in [0, 0.1) is 0 Å². The van der Waals surface area contributed by atoms with Gasteiger partial charge < -0.3 is 11.1 Å². The van der Waals surface area contributed by atoms with E-state index in [0.29, 0.717) is 0 Å². The van der Waals surface area contributed by atoms with Gasteiger partial charge in [0, 0.05) is 18.5 Å². The Morgan fingerprint density at radius 2 is 2.00 bits per heavy atom. The smallest absolute Gasteiger partial charge is 0.254 e. The number of primary amides is 1. The SMILES string of the molecule is CS(=O)(=O)c1ncc(C(N)=O)c(NC2CCCCC2)n1. The lowest BCUT2D eigenvalue weighted by Gasteiger charge is -2.24. The lowest BCUT2D eigenvalue weighted by Crippen LogP contribution is -2.26. The summed E-state index contributed by atoms with van der Waals surface area (Å²) < 4.78 is 23.0. The first-order chi connectivity index (χ1) is 9.38. The van der Waals surface area contributed by atoms with E-state index in [-0.39, 0.29) is 22.6 Å². The van der Waals surface area contributed by atoms with Gasteiger partial charge in [-0.15, -0.1) is 0 Å². The summed E-state index contributed by atoms with van der Waals surface area (Å²) in [5.74, 6) is -0.469. The molecule has 1 aromatic rings. The predicted molar refractivity (Wildman–Crippen MR) is 74.2 cm³/mol. The summed E-state index contributed by atoms with van der Waals surface area (Å²) in [4.78, 5) is 19.0. The maximum Gasteiger partial charge on any atom is 0.254 e. The Balaban J connectivity index is 2.33. The molecule has 2 rings (SSSR count). The van der Waals surface area contributed by atoms with E-state index in [9.17, 15) is 13.2 Å². The fourth-order valence-corrected chi connectivity index (χ4v) is 2.78. The molecule has 1 saturated carbocycles. The van der Waals surface area contributed by atoms with Crippen molar-refractivity contribution in [3.05, 3.63) is 11.8 Å². The van der Waals surface area contributed by atoms with E-state index in [1.807, 2.05) is 0 Å². The number of nitrogens with zero attached hydrogens (tertiary/aromatic N) is 2. The summed E-state index contributed by atoms with van der Waals surface area (Å²) in [5, 5.41) is 2.82. The molecular formula is C12H18N4O3S. The van der Waals surface area contributed by atoms with Crippen molar-refractivity contribution >= 4 is 21.6 Å². The van der Waals surface area contributed by atoms with Gasteiger partial charge in [-0.3, -0.25) is 4.79 Å². The molecule has 1 amide bonds. The molecule has 0 atom stereocenters. The maximum atomic E-state index is 11.5. The molecule has 1 fully saturated rings. The summed E-state index contributed by atoms with van der Waals surface area (Å²) in [6.45, 7) is 0. The first-order valence-electron chi connectivity index (χ1n) is 6.51. The Hall–Kier alpha value is -1.70. The van der Waals surface area contributed by atoms with Gasteiger partial charge >= 0.3 is 0 Å².